The fourth-order valence-electron chi connectivity index (χ4n) is 2.19. The minimum Gasteiger partial charge on any atom is -0.313 e. The Morgan fingerprint density at radius 1 is 1.26 bits per heavy atom. The molecule has 0 spiro atoms. The molecule has 3 heteroatoms. The SMILES string of the molecule is CCCNC(Cc1c(F)cccc1Cl)C(C)C(C)C. The summed E-state index contributed by atoms with van der Waals surface area (Å²) in [6.45, 7) is 9.71. The van der Waals surface area contributed by atoms with Gasteiger partial charge in [0.15, 0.2) is 0 Å². The van der Waals surface area contributed by atoms with Crippen molar-refractivity contribution in [2.75, 3.05) is 6.54 Å². The van der Waals surface area contributed by atoms with Crippen molar-refractivity contribution in [1.29, 1.82) is 0 Å². The molecule has 0 fully saturated rings. The van der Waals surface area contributed by atoms with E-state index in [9.17, 15) is 4.39 Å². The standard InChI is InChI=1S/C16H25ClFN/c1-5-9-19-16(12(4)11(2)3)10-13-14(17)7-6-8-15(13)18/h6-8,11-12,16,19H,5,9-10H2,1-4H3. The minimum absolute atomic E-state index is 0.202. The van der Waals surface area contributed by atoms with Crippen LogP contribution in [0.4, 0.5) is 4.39 Å². The Labute approximate surface area is 121 Å². The second-order valence-electron chi connectivity index (χ2n) is 5.57. The van der Waals surface area contributed by atoms with E-state index in [-0.39, 0.29) is 11.9 Å². The second-order valence-corrected chi connectivity index (χ2v) is 5.98. The number of benzene rings is 1. The van der Waals surface area contributed by atoms with Crippen molar-refractivity contribution in [1.82, 2.24) is 5.32 Å². The molecular formula is C16H25ClFN. The van der Waals surface area contributed by atoms with E-state index < -0.39 is 0 Å². The van der Waals surface area contributed by atoms with E-state index in [0.29, 0.717) is 28.8 Å². The molecule has 2 atom stereocenters. The van der Waals surface area contributed by atoms with Gasteiger partial charge in [0.05, 0.1) is 0 Å². The van der Waals surface area contributed by atoms with Gasteiger partial charge in [0.2, 0.25) is 0 Å². The van der Waals surface area contributed by atoms with Gasteiger partial charge in [-0.15, -0.1) is 0 Å². The molecule has 0 amide bonds. The molecule has 108 valence electrons. The Morgan fingerprint density at radius 3 is 2.47 bits per heavy atom. The Morgan fingerprint density at radius 2 is 1.95 bits per heavy atom. The van der Waals surface area contributed by atoms with Crippen molar-refractivity contribution in [3.63, 3.8) is 0 Å². The smallest absolute Gasteiger partial charge is 0.127 e. The summed E-state index contributed by atoms with van der Waals surface area (Å²) in [5.74, 6) is 0.828. The molecule has 0 heterocycles. The van der Waals surface area contributed by atoms with Crippen molar-refractivity contribution in [2.24, 2.45) is 11.8 Å². The predicted molar refractivity (Wildman–Crippen MR) is 81.2 cm³/mol. The zero-order chi connectivity index (χ0) is 14.4. The molecule has 1 aromatic carbocycles. The normalized spacial score (nSPS) is 14.7. The van der Waals surface area contributed by atoms with Crippen LogP contribution in [0, 0.1) is 17.7 Å². The molecule has 0 radical (unpaired) electrons. The maximum Gasteiger partial charge on any atom is 0.127 e. The average molecular weight is 286 g/mol. The first-order valence-corrected chi connectivity index (χ1v) is 7.51. The van der Waals surface area contributed by atoms with Gasteiger partial charge in [-0.2, -0.15) is 0 Å². The van der Waals surface area contributed by atoms with Crippen LogP contribution in [0.2, 0.25) is 5.02 Å². The van der Waals surface area contributed by atoms with Crippen molar-refractivity contribution >= 4 is 11.6 Å². The molecule has 1 rings (SSSR count). The summed E-state index contributed by atoms with van der Waals surface area (Å²) in [7, 11) is 0. The van der Waals surface area contributed by atoms with Crippen LogP contribution in [0.5, 0.6) is 0 Å². The largest absolute Gasteiger partial charge is 0.313 e. The van der Waals surface area contributed by atoms with Crippen molar-refractivity contribution < 1.29 is 4.39 Å². The molecule has 1 nitrogen and oxygen atoms in total. The topological polar surface area (TPSA) is 12.0 Å². The first-order chi connectivity index (χ1) is 8.97. The fraction of sp³-hybridized carbons (Fsp3) is 0.625. The monoisotopic (exact) mass is 285 g/mol. The summed E-state index contributed by atoms with van der Waals surface area (Å²) in [5, 5.41) is 4.06. The Kier molecular flexibility index (Phi) is 6.81. The third kappa shape index (κ3) is 4.77. The number of hydrogen-bond acceptors (Lipinski definition) is 1. The second kappa shape index (κ2) is 7.86. The number of nitrogens with one attached hydrogen (secondary N) is 1. The number of rotatable bonds is 7. The van der Waals surface area contributed by atoms with Gasteiger partial charge in [-0.25, -0.2) is 4.39 Å². The van der Waals surface area contributed by atoms with Crippen LogP contribution in [0.25, 0.3) is 0 Å². The first-order valence-electron chi connectivity index (χ1n) is 7.13. The highest BCUT2D eigenvalue weighted by Crippen LogP contribution is 2.24. The maximum atomic E-state index is 13.9. The van der Waals surface area contributed by atoms with E-state index in [0.717, 1.165) is 13.0 Å². The molecule has 0 aliphatic carbocycles. The van der Waals surface area contributed by atoms with Gasteiger partial charge in [0.1, 0.15) is 5.82 Å². The van der Waals surface area contributed by atoms with E-state index in [1.54, 1.807) is 12.1 Å². The zero-order valence-electron chi connectivity index (χ0n) is 12.3. The van der Waals surface area contributed by atoms with Crippen LogP contribution in [0.15, 0.2) is 18.2 Å². The molecular weight excluding hydrogens is 261 g/mol. The zero-order valence-corrected chi connectivity index (χ0v) is 13.1. The lowest BCUT2D eigenvalue weighted by Crippen LogP contribution is -2.39. The van der Waals surface area contributed by atoms with Crippen molar-refractivity contribution in [3.8, 4) is 0 Å². The minimum atomic E-state index is -0.202. The molecule has 1 N–H and O–H groups in total. The van der Waals surface area contributed by atoms with Crippen molar-refractivity contribution in [3.05, 3.63) is 34.6 Å². The van der Waals surface area contributed by atoms with Gasteiger partial charge in [-0.1, -0.05) is 45.4 Å². The van der Waals surface area contributed by atoms with E-state index >= 15 is 0 Å². The third-order valence-electron chi connectivity index (χ3n) is 3.83. The van der Waals surface area contributed by atoms with Gasteiger partial charge < -0.3 is 5.32 Å². The van der Waals surface area contributed by atoms with E-state index in [1.807, 2.05) is 0 Å². The molecule has 0 saturated carbocycles. The lowest BCUT2D eigenvalue weighted by molar-refractivity contribution is 0.295. The molecule has 0 aliphatic rings. The van der Waals surface area contributed by atoms with E-state index in [4.69, 9.17) is 11.6 Å². The first kappa shape index (κ1) is 16.5. The Balaban J connectivity index is 2.87. The van der Waals surface area contributed by atoms with Crippen LogP contribution in [0.1, 0.15) is 39.7 Å². The van der Waals surface area contributed by atoms with Gasteiger partial charge in [0.25, 0.3) is 0 Å². The van der Waals surface area contributed by atoms with Crippen LogP contribution in [-0.4, -0.2) is 12.6 Å². The molecule has 19 heavy (non-hydrogen) atoms. The van der Waals surface area contributed by atoms with Crippen molar-refractivity contribution in [2.45, 2.75) is 46.6 Å². The van der Waals surface area contributed by atoms with Crippen LogP contribution in [0.3, 0.4) is 0 Å². The summed E-state index contributed by atoms with van der Waals surface area (Å²) >= 11 is 6.12. The van der Waals surface area contributed by atoms with Crippen LogP contribution in [-0.2, 0) is 6.42 Å². The molecule has 0 bridgehead atoms. The van der Waals surface area contributed by atoms with Gasteiger partial charge in [-0.05, 0) is 43.4 Å². The summed E-state index contributed by atoms with van der Waals surface area (Å²) < 4.78 is 13.9. The Hall–Kier alpha value is -0.600. The van der Waals surface area contributed by atoms with Gasteiger partial charge in [-0.3, -0.25) is 0 Å². The highest BCUT2D eigenvalue weighted by Gasteiger charge is 2.22. The molecule has 0 aliphatic heterocycles. The summed E-state index contributed by atoms with van der Waals surface area (Å²) in [4.78, 5) is 0. The number of hydrogen-bond donors (Lipinski definition) is 1. The van der Waals surface area contributed by atoms with E-state index in [2.05, 4.69) is 33.0 Å². The van der Waals surface area contributed by atoms with E-state index in [1.165, 1.54) is 6.07 Å². The molecule has 0 saturated heterocycles. The fourth-order valence-corrected chi connectivity index (χ4v) is 2.43. The van der Waals surface area contributed by atoms with Crippen LogP contribution >= 0.6 is 11.6 Å². The van der Waals surface area contributed by atoms with Gasteiger partial charge >= 0.3 is 0 Å². The highest BCUT2D eigenvalue weighted by atomic mass is 35.5. The quantitative estimate of drug-likeness (QED) is 0.767. The third-order valence-corrected chi connectivity index (χ3v) is 4.18. The van der Waals surface area contributed by atoms with Crippen LogP contribution < -0.4 is 5.32 Å². The highest BCUT2D eigenvalue weighted by molar-refractivity contribution is 6.31. The molecule has 1 aromatic rings. The summed E-state index contributed by atoms with van der Waals surface area (Å²) in [5.41, 5.74) is 0.630. The average Bonchev–Trinajstić information content (AvgIpc) is 2.36. The molecule has 2 unspecified atom stereocenters. The lowest BCUT2D eigenvalue weighted by Gasteiger charge is -2.28. The summed E-state index contributed by atoms with van der Waals surface area (Å²) in [6, 6.07) is 5.16. The predicted octanol–water partition coefficient (Wildman–Crippen LogP) is 4.68. The lowest BCUT2D eigenvalue weighted by atomic mass is 9.86. The summed E-state index contributed by atoms with van der Waals surface area (Å²) in [6.07, 6.45) is 1.72. The Bertz CT molecular complexity index is 372. The van der Waals surface area contributed by atoms with Gasteiger partial charge in [0, 0.05) is 16.6 Å². The maximum absolute atomic E-state index is 13.9. The molecule has 0 aromatic heterocycles. The number of halogens is 2.